The maximum Gasteiger partial charge on any atom is 1.00 e. The molecule has 4 aromatic carbocycles. The van der Waals surface area contributed by atoms with Gasteiger partial charge in [-0.1, -0.05) is 106 Å². The molecular weight excluding hydrogens is 549 g/mol. The number of halogens is 1. The zero-order valence-corrected chi connectivity index (χ0v) is 24.7. The number of benzene rings is 4. The number of para-hydroxylation sites is 1. The fraction of sp³-hybridized carbons (Fsp3) is 0.235. The van der Waals surface area contributed by atoms with E-state index in [1.165, 1.54) is 44.8 Å². The van der Waals surface area contributed by atoms with Gasteiger partial charge in [-0.05, 0) is 59.2 Å². The number of anilines is 2. The molecule has 6 rings (SSSR count). The molecule has 5 heteroatoms. The van der Waals surface area contributed by atoms with Gasteiger partial charge < -0.3 is 22.2 Å². The van der Waals surface area contributed by atoms with E-state index in [1.54, 1.807) is 0 Å². The molecule has 2 aliphatic rings. The maximum atomic E-state index is 5.38. The Labute approximate surface area is 249 Å². The fourth-order valence-corrected chi connectivity index (χ4v) is 5.79. The average Bonchev–Trinajstić information content (AvgIpc) is 3.28. The van der Waals surface area contributed by atoms with Gasteiger partial charge in [0.2, 0.25) is 0 Å². The van der Waals surface area contributed by atoms with E-state index < -0.39 is 0 Å². The predicted molar refractivity (Wildman–Crippen MR) is 154 cm³/mol. The average molecular weight is 584 g/mol. The maximum absolute atomic E-state index is 5.38. The van der Waals surface area contributed by atoms with Crippen molar-refractivity contribution in [2.45, 2.75) is 52.1 Å². The monoisotopic (exact) mass is 582 g/mol. The molecule has 0 aliphatic carbocycles. The summed E-state index contributed by atoms with van der Waals surface area (Å²) < 4.78 is 0. The van der Waals surface area contributed by atoms with Crippen molar-refractivity contribution in [1.82, 2.24) is 4.90 Å². The molecule has 2 atom stereocenters. The number of aliphatic imine (C=N–C) groups is 1. The van der Waals surface area contributed by atoms with Crippen LogP contribution in [0, 0.1) is 20.5 Å². The van der Waals surface area contributed by atoms with E-state index in [4.69, 9.17) is 4.99 Å². The SMILES string of the molecule is Cc1cc(C(C)(C)C)cc(C)c1N1[CH]N2C(=N[C@@H](c3ccccc3)[C@@H]2c2ccccc2)c2ccccc21.[Cl-].[Cu+]. The molecular formula is C34H34ClCuN3. The van der Waals surface area contributed by atoms with Gasteiger partial charge in [-0.2, -0.15) is 0 Å². The molecule has 0 bridgehead atoms. The molecule has 1 radical (unpaired) electrons. The first-order valence-corrected chi connectivity index (χ1v) is 13.1. The molecule has 0 saturated heterocycles. The Morgan fingerprint density at radius 2 is 1.26 bits per heavy atom. The van der Waals surface area contributed by atoms with Crippen LogP contribution in [0.5, 0.6) is 0 Å². The van der Waals surface area contributed by atoms with Gasteiger partial charge in [-0.3, -0.25) is 4.99 Å². The van der Waals surface area contributed by atoms with Crippen molar-refractivity contribution in [1.29, 1.82) is 0 Å². The molecule has 0 aromatic heterocycles. The minimum Gasteiger partial charge on any atom is -1.00 e. The van der Waals surface area contributed by atoms with Crippen LogP contribution >= 0.6 is 0 Å². The predicted octanol–water partition coefficient (Wildman–Crippen LogP) is 5.42. The fourth-order valence-electron chi connectivity index (χ4n) is 5.79. The van der Waals surface area contributed by atoms with Gasteiger partial charge in [0.15, 0.2) is 0 Å². The van der Waals surface area contributed by atoms with Crippen LogP contribution in [0.4, 0.5) is 11.4 Å². The van der Waals surface area contributed by atoms with Gasteiger partial charge in [0.25, 0.3) is 0 Å². The van der Waals surface area contributed by atoms with Crippen LogP contribution in [0.1, 0.15) is 66.2 Å². The smallest absolute Gasteiger partial charge is 1.00 e. The third-order valence-electron chi connectivity index (χ3n) is 7.63. The summed E-state index contributed by atoms with van der Waals surface area (Å²) in [6.07, 6.45) is 0. The number of nitrogens with zero attached hydrogens (tertiary/aromatic N) is 3. The Balaban J connectivity index is 0.00000176. The van der Waals surface area contributed by atoms with E-state index in [0.29, 0.717) is 0 Å². The second kappa shape index (κ2) is 11.2. The summed E-state index contributed by atoms with van der Waals surface area (Å²) >= 11 is 0. The molecule has 0 N–H and O–H groups in total. The van der Waals surface area contributed by atoms with Crippen molar-refractivity contribution in [3.8, 4) is 0 Å². The molecule has 2 heterocycles. The van der Waals surface area contributed by atoms with Crippen LogP contribution < -0.4 is 17.3 Å². The van der Waals surface area contributed by atoms with Crippen LogP contribution in [0.2, 0.25) is 0 Å². The molecule has 0 spiro atoms. The van der Waals surface area contributed by atoms with Gasteiger partial charge in [0.1, 0.15) is 18.5 Å². The second-order valence-corrected chi connectivity index (χ2v) is 11.3. The number of rotatable bonds is 3. The van der Waals surface area contributed by atoms with Crippen molar-refractivity contribution < 1.29 is 29.5 Å². The molecule has 3 nitrogen and oxygen atoms in total. The number of hydrogen-bond acceptors (Lipinski definition) is 3. The number of fused-ring (bicyclic) bond motifs is 3. The van der Waals surface area contributed by atoms with E-state index in [1.807, 2.05) is 0 Å². The molecule has 0 saturated carbocycles. The Hall–Kier alpha value is -3.04. The van der Waals surface area contributed by atoms with Crippen LogP contribution in [0.15, 0.2) is 102 Å². The third-order valence-corrected chi connectivity index (χ3v) is 7.63. The van der Waals surface area contributed by atoms with Gasteiger partial charge >= 0.3 is 17.1 Å². The van der Waals surface area contributed by atoms with Gasteiger partial charge in [-0.15, -0.1) is 0 Å². The molecule has 4 aromatic rings. The molecule has 0 fully saturated rings. The zero-order valence-electron chi connectivity index (χ0n) is 23.0. The minimum atomic E-state index is 0. The molecule has 2 aliphatic heterocycles. The summed E-state index contributed by atoms with van der Waals surface area (Å²) in [6, 6.07) is 35.0. The van der Waals surface area contributed by atoms with E-state index in [-0.39, 0.29) is 47.0 Å². The minimum absolute atomic E-state index is 0. The largest absolute Gasteiger partial charge is 1.00 e. The summed E-state index contributed by atoms with van der Waals surface area (Å²) in [5.74, 6) is 1.04. The second-order valence-electron chi connectivity index (χ2n) is 11.3. The summed E-state index contributed by atoms with van der Waals surface area (Å²) in [5.41, 5.74) is 10.1. The van der Waals surface area contributed by atoms with E-state index in [2.05, 4.69) is 148 Å². The molecule has 39 heavy (non-hydrogen) atoms. The van der Waals surface area contributed by atoms with E-state index in [9.17, 15) is 0 Å². The zero-order chi connectivity index (χ0) is 25.7. The van der Waals surface area contributed by atoms with Crippen molar-refractivity contribution in [2.24, 2.45) is 4.99 Å². The standard InChI is InChI=1S/C34H34N3.ClH.Cu/c1-23-20-27(34(3,4)5)21-24(2)31(23)36-22-37-32(26-16-10-7-11-17-26)30(25-14-8-6-9-15-25)35-33(37)28-18-12-13-19-29(28)36;;/h6-22,30,32H,1-5H3;1H;/q;;+1/p-1/t30-,32-;;/m0../s1. The van der Waals surface area contributed by atoms with Crippen molar-refractivity contribution in [3.05, 3.63) is 137 Å². The van der Waals surface area contributed by atoms with Gasteiger partial charge in [0, 0.05) is 11.3 Å². The Morgan fingerprint density at radius 3 is 1.85 bits per heavy atom. The third kappa shape index (κ3) is 5.14. The van der Waals surface area contributed by atoms with E-state index in [0.717, 1.165) is 5.84 Å². The Morgan fingerprint density at radius 1 is 0.718 bits per heavy atom. The van der Waals surface area contributed by atoms with Gasteiger partial charge in [0.05, 0.1) is 11.7 Å². The number of aryl methyl sites for hydroxylation is 2. The first kappa shape index (κ1) is 29.0. The molecule has 203 valence electrons. The van der Waals surface area contributed by atoms with Crippen LogP contribution in [0.3, 0.4) is 0 Å². The van der Waals surface area contributed by atoms with E-state index >= 15 is 0 Å². The van der Waals surface area contributed by atoms with Crippen molar-refractivity contribution in [3.63, 3.8) is 0 Å². The summed E-state index contributed by atoms with van der Waals surface area (Å²) in [7, 11) is 0. The first-order chi connectivity index (χ1) is 17.8. The van der Waals surface area contributed by atoms with Crippen molar-refractivity contribution in [2.75, 3.05) is 4.90 Å². The van der Waals surface area contributed by atoms with Crippen LogP contribution in [0.25, 0.3) is 0 Å². The normalized spacial score (nSPS) is 17.9. The van der Waals surface area contributed by atoms with Crippen LogP contribution in [-0.2, 0) is 22.5 Å². The topological polar surface area (TPSA) is 18.8 Å². The number of hydrogen-bond donors (Lipinski definition) is 0. The number of amidine groups is 1. The quantitative estimate of drug-likeness (QED) is 0.300. The Bertz CT molecular complexity index is 1450. The summed E-state index contributed by atoms with van der Waals surface area (Å²) in [6.45, 7) is 13.6. The Kier molecular flexibility index (Phi) is 8.33. The molecule has 0 unspecified atom stereocenters. The van der Waals surface area contributed by atoms with Crippen molar-refractivity contribution >= 4 is 17.2 Å². The van der Waals surface area contributed by atoms with Gasteiger partial charge in [-0.25, -0.2) is 0 Å². The summed E-state index contributed by atoms with van der Waals surface area (Å²) in [5, 5.41) is 0. The first-order valence-electron chi connectivity index (χ1n) is 13.1. The van der Waals surface area contributed by atoms with Crippen LogP contribution in [-0.4, -0.2) is 10.7 Å². The summed E-state index contributed by atoms with van der Waals surface area (Å²) in [4.78, 5) is 10.2. The molecule has 0 amide bonds.